The zero-order valence-corrected chi connectivity index (χ0v) is 22.3. The highest BCUT2D eigenvalue weighted by molar-refractivity contribution is 7.92. The summed E-state index contributed by atoms with van der Waals surface area (Å²) in [6.07, 6.45) is 3.41. The van der Waals surface area contributed by atoms with Gasteiger partial charge in [-0.1, -0.05) is 6.07 Å². The Morgan fingerprint density at radius 3 is 2.56 bits per heavy atom. The van der Waals surface area contributed by atoms with Gasteiger partial charge in [-0.2, -0.15) is 0 Å². The number of anilines is 2. The highest BCUT2D eigenvalue weighted by atomic mass is 32.2. The van der Waals surface area contributed by atoms with Gasteiger partial charge in [-0.15, -0.1) is 0 Å². The number of fused-ring (bicyclic) bond motifs is 1. The lowest BCUT2D eigenvalue weighted by atomic mass is 10.1. The molecule has 1 aliphatic rings. The summed E-state index contributed by atoms with van der Waals surface area (Å²) in [7, 11) is -2.22. The Hall–Kier alpha value is -4.38. The van der Waals surface area contributed by atoms with Gasteiger partial charge in [-0.3, -0.25) is 14.6 Å². The van der Waals surface area contributed by atoms with Gasteiger partial charge < -0.3 is 25.1 Å². The summed E-state index contributed by atoms with van der Waals surface area (Å²) in [5, 5.41) is 3.01. The Kier molecular flexibility index (Phi) is 7.00. The monoisotopic (exact) mass is 548 g/mol. The number of pyridine rings is 1. The molecular formula is C28H28N4O6S. The highest BCUT2D eigenvalue weighted by Gasteiger charge is 2.34. The third kappa shape index (κ3) is 5.05. The van der Waals surface area contributed by atoms with Crippen LogP contribution in [0.25, 0.3) is 10.9 Å². The molecule has 2 aromatic carbocycles. The summed E-state index contributed by atoms with van der Waals surface area (Å²) in [6, 6.07) is 13.5. The van der Waals surface area contributed by atoms with Crippen LogP contribution in [-0.4, -0.2) is 55.6 Å². The highest BCUT2D eigenvalue weighted by Crippen LogP contribution is 2.35. The molecule has 11 heteroatoms. The largest absolute Gasteiger partial charge is 0.497 e. The molecule has 5 rings (SSSR count). The molecule has 0 radical (unpaired) electrons. The van der Waals surface area contributed by atoms with E-state index in [9.17, 15) is 18.0 Å². The van der Waals surface area contributed by atoms with E-state index in [2.05, 4.69) is 10.3 Å². The number of nitrogens with one attached hydrogen (secondary N) is 1. The first-order valence-electron chi connectivity index (χ1n) is 12.4. The Morgan fingerprint density at radius 1 is 1.13 bits per heavy atom. The van der Waals surface area contributed by atoms with Crippen LogP contribution in [0.4, 0.5) is 11.4 Å². The second kappa shape index (κ2) is 10.4. The van der Waals surface area contributed by atoms with Crippen molar-refractivity contribution in [2.75, 3.05) is 25.5 Å². The van der Waals surface area contributed by atoms with Crippen LogP contribution >= 0.6 is 0 Å². The number of hydrogen-bond acceptors (Lipinski definition) is 8. The quantitative estimate of drug-likeness (QED) is 0.352. The normalized spacial score (nSPS) is 14.4. The molecule has 3 heterocycles. The van der Waals surface area contributed by atoms with Gasteiger partial charge in [0.2, 0.25) is 0 Å². The number of hydrogen-bond donors (Lipinski definition) is 2. The number of nitrogens with zero attached hydrogens (tertiary/aromatic N) is 2. The first kappa shape index (κ1) is 26.2. The van der Waals surface area contributed by atoms with E-state index >= 15 is 0 Å². The van der Waals surface area contributed by atoms with Crippen LogP contribution in [0, 0.1) is 6.92 Å². The van der Waals surface area contributed by atoms with Crippen molar-refractivity contribution in [2.24, 2.45) is 5.73 Å². The number of carbonyl (C=O) groups excluding carboxylic acids is 2. The van der Waals surface area contributed by atoms with Gasteiger partial charge >= 0.3 is 0 Å². The second-order valence-electron chi connectivity index (χ2n) is 9.42. The number of primary amides is 1. The predicted octanol–water partition coefficient (Wildman–Crippen LogP) is 4.07. The summed E-state index contributed by atoms with van der Waals surface area (Å²) >= 11 is 0. The minimum absolute atomic E-state index is 0.125. The van der Waals surface area contributed by atoms with Crippen molar-refractivity contribution in [3.8, 4) is 5.75 Å². The summed E-state index contributed by atoms with van der Waals surface area (Å²) < 4.78 is 38.1. The third-order valence-electron chi connectivity index (χ3n) is 6.97. The van der Waals surface area contributed by atoms with E-state index in [0.29, 0.717) is 59.5 Å². The Balaban J connectivity index is 1.50. The minimum Gasteiger partial charge on any atom is -0.497 e. The summed E-state index contributed by atoms with van der Waals surface area (Å²) in [4.78, 5) is 31.1. The van der Waals surface area contributed by atoms with Crippen molar-refractivity contribution < 1.29 is 27.2 Å². The van der Waals surface area contributed by atoms with Crippen LogP contribution in [0.1, 0.15) is 39.3 Å². The zero-order chi connectivity index (χ0) is 27.7. The number of amides is 2. The van der Waals surface area contributed by atoms with E-state index in [-0.39, 0.29) is 22.1 Å². The Morgan fingerprint density at radius 2 is 1.90 bits per heavy atom. The van der Waals surface area contributed by atoms with Crippen molar-refractivity contribution >= 4 is 43.9 Å². The standard InChI is InChI=1S/C28H28N4O6S/c1-17-13-21(39(35,36)20-8-10-32(11-9-20)28(34)24-7-4-12-38-24)15-22-25(17)30-16-23(27(29)33)26(22)31-18-5-3-6-19(14-18)37-2/h3-7,12-16,20H,8-11H2,1-2H3,(H2,29,33)(H,30,31). The van der Waals surface area contributed by atoms with Crippen molar-refractivity contribution in [1.82, 2.24) is 9.88 Å². The van der Waals surface area contributed by atoms with Crippen LogP contribution in [-0.2, 0) is 9.84 Å². The lowest BCUT2D eigenvalue weighted by Crippen LogP contribution is -2.42. The predicted molar refractivity (Wildman–Crippen MR) is 146 cm³/mol. The smallest absolute Gasteiger partial charge is 0.289 e. The number of rotatable bonds is 7. The molecule has 0 spiro atoms. The van der Waals surface area contributed by atoms with E-state index in [1.165, 1.54) is 12.5 Å². The molecule has 0 bridgehead atoms. The summed E-state index contributed by atoms with van der Waals surface area (Å²) in [5.41, 5.74) is 7.97. The van der Waals surface area contributed by atoms with Crippen LogP contribution in [0.3, 0.4) is 0 Å². The van der Waals surface area contributed by atoms with Crippen LogP contribution < -0.4 is 15.8 Å². The maximum atomic E-state index is 13.8. The van der Waals surface area contributed by atoms with Gasteiger partial charge in [0.15, 0.2) is 15.6 Å². The van der Waals surface area contributed by atoms with Crippen molar-refractivity contribution in [3.63, 3.8) is 0 Å². The zero-order valence-electron chi connectivity index (χ0n) is 21.5. The molecule has 2 aromatic heterocycles. The molecule has 2 amide bonds. The molecule has 3 N–H and O–H groups in total. The van der Waals surface area contributed by atoms with Crippen LogP contribution in [0.5, 0.6) is 5.75 Å². The molecule has 4 aromatic rings. The third-order valence-corrected chi connectivity index (χ3v) is 9.21. The van der Waals surface area contributed by atoms with E-state index in [1.807, 2.05) is 0 Å². The number of likely N-dealkylation sites (tertiary alicyclic amines) is 1. The van der Waals surface area contributed by atoms with Gasteiger partial charge in [-0.05, 0) is 61.7 Å². The SMILES string of the molecule is COc1cccc(Nc2c(C(N)=O)cnc3c(C)cc(S(=O)(=O)C4CCN(C(=O)c5ccco5)CC4)cc23)c1. The Labute approximate surface area is 225 Å². The average molecular weight is 549 g/mol. The van der Waals surface area contributed by atoms with E-state index < -0.39 is 21.0 Å². The number of benzene rings is 2. The second-order valence-corrected chi connectivity index (χ2v) is 11.6. The topological polar surface area (TPSA) is 145 Å². The van der Waals surface area contributed by atoms with Crippen molar-refractivity contribution in [1.29, 1.82) is 0 Å². The maximum Gasteiger partial charge on any atom is 0.289 e. The van der Waals surface area contributed by atoms with Gasteiger partial charge in [0.1, 0.15) is 5.75 Å². The number of methoxy groups -OCH3 is 1. The van der Waals surface area contributed by atoms with E-state index in [0.717, 1.165) is 0 Å². The fourth-order valence-corrected chi connectivity index (χ4v) is 6.74. The van der Waals surface area contributed by atoms with Crippen molar-refractivity contribution in [3.05, 3.63) is 77.9 Å². The molecule has 0 unspecified atom stereocenters. The number of piperidine rings is 1. The summed E-state index contributed by atoms with van der Waals surface area (Å²) in [5.74, 6) is -0.115. The summed E-state index contributed by atoms with van der Waals surface area (Å²) in [6.45, 7) is 2.37. The number of nitrogens with two attached hydrogens (primary N) is 1. The van der Waals surface area contributed by atoms with Crippen molar-refractivity contribution in [2.45, 2.75) is 29.9 Å². The number of carbonyl (C=O) groups is 2. The van der Waals surface area contributed by atoms with E-state index in [4.69, 9.17) is 14.9 Å². The molecule has 39 heavy (non-hydrogen) atoms. The molecule has 202 valence electrons. The number of aromatic nitrogens is 1. The van der Waals surface area contributed by atoms with Gasteiger partial charge in [0.05, 0.1) is 40.3 Å². The fourth-order valence-electron chi connectivity index (χ4n) is 4.90. The molecule has 1 aliphatic heterocycles. The number of furan rings is 1. The first-order valence-corrected chi connectivity index (χ1v) is 13.9. The first-order chi connectivity index (χ1) is 18.7. The molecular weight excluding hydrogens is 520 g/mol. The van der Waals surface area contributed by atoms with Gasteiger partial charge in [0.25, 0.3) is 11.8 Å². The van der Waals surface area contributed by atoms with Crippen LogP contribution in [0.2, 0.25) is 0 Å². The number of ether oxygens (including phenoxy) is 1. The lowest BCUT2D eigenvalue weighted by molar-refractivity contribution is 0.0693. The van der Waals surface area contributed by atoms with Gasteiger partial charge in [-0.25, -0.2) is 8.42 Å². The van der Waals surface area contributed by atoms with E-state index in [1.54, 1.807) is 67.5 Å². The molecule has 0 saturated carbocycles. The number of sulfone groups is 1. The average Bonchev–Trinajstić information content (AvgIpc) is 3.48. The number of aryl methyl sites for hydroxylation is 1. The maximum absolute atomic E-state index is 13.8. The molecule has 10 nitrogen and oxygen atoms in total. The lowest BCUT2D eigenvalue weighted by Gasteiger charge is -2.31. The fraction of sp³-hybridized carbons (Fsp3) is 0.250. The molecule has 1 fully saturated rings. The molecule has 0 aliphatic carbocycles. The van der Waals surface area contributed by atoms with Crippen LogP contribution in [0.15, 0.2) is 70.3 Å². The van der Waals surface area contributed by atoms with Gasteiger partial charge in [0, 0.05) is 36.4 Å². The minimum atomic E-state index is -3.77. The Bertz CT molecular complexity index is 1660. The molecule has 1 saturated heterocycles. The molecule has 0 atom stereocenters.